The van der Waals surface area contributed by atoms with Crippen LogP contribution in [-0.4, -0.2) is 41.4 Å². The van der Waals surface area contributed by atoms with Crippen molar-refractivity contribution in [1.29, 1.82) is 0 Å². The molecular weight excluding hydrogens is 336 g/mol. The van der Waals surface area contributed by atoms with E-state index in [0.717, 1.165) is 48.9 Å². The molecule has 0 spiro atoms. The van der Waals surface area contributed by atoms with Gasteiger partial charge in [0.05, 0.1) is 12.7 Å². The van der Waals surface area contributed by atoms with Crippen molar-refractivity contribution >= 4 is 16.7 Å². The van der Waals surface area contributed by atoms with E-state index in [1.807, 2.05) is 48.7 Å². The molecule has 27 heavy (non-hydrogen) atoms. The van der Waals surface area contributed by atoms with Gasteiger partial charge < -0.3 is 14.6 Å². The lowest BCUT2D eigenvalue weighted by molar-refractivity contribution is -0.00233. The Morgan fingerprint density at radius 2 is 1.78 bits per heavy atom. The minimum atomic E-state index is 0.218. The summed E-state index contributed by atoms with van der Waals surface area (Å²) in [7, 11) is 0. The van der Waals surface area contributed by atoms with Crippen LogP contribution >= 0.6 is 0 Å². The number of aromatic nitrogens is 1. The number of nitrogens with zero attached hydrogens (tertiary/aromatic N) is 1. The van der Waals surface area contributed by atoms with Gasteiger partial charge in [0.25, 0.3) is 0 Å². The molecule has 1 fully saturated rings. The van der Waals surface area contributed by atoms with Crippen molar-refractivity contribution in [3.05, 3.63) is 71.9 Å². The molecule has 2 aromatic carbocycles. The highest BCUT2D eigenvalue weighted by Gasteiger charge is 2.21. The van der Waals surface area contributed by atoms with E-state index in [-0.39, 0.29) is 5.78 Å². The third-order valence-corrected chi connectivity index (χ3v) is 5.41. The molecule has 4 nitrogen and oxygen atoms in total. The van der Waals surface area contributed by atoms with Crippen molar-refractivity contribution < 1.29 is 9.53 Å². The van der Waals surface area contributed by atoms with Crippen LogP contribution in [0.25, 0.3) is 10.9 Å². The van der Waals surface area contributed by atoms with Gasteiger partial charge in [-0.1, -0.05) is 48.5 Å². The summed E-state index contributed by atoms with van der Waals surface area (Å²) in [6.45, 7) is 3.51. The van der Waals surface area contributed by atoms with Crippen LogP contribution < -0.4 is 0 Å². The summed E-state index contributed by atoms with van der Waals surface area (Å²) in [4.78, 5) is 18.2. The summed E-state index contributed by atoms with van der Waals surface area (Å²) in [6.07, 6.45) is 4.81. The molecule has 0 amide bonds. The quantitative estimate of drug-likeness (QED) is 0.633. The molecule has 0 saturated carbocycles. The van der Waals surface area contributed by atoms with E-state index in [2.05, 4.69) is 22.0 Å². The number of nitrogens with one attached hydrogen (secondary N) is 1. The maximum atomic E-state index is 12.6. The lowest BCUT2D eigenvalue weighted by Crippen LogP contribution is -2.38. The Morgan fingerprint density at radius 3 is 2.59 bits per heavy atom. The van der Waals surface area contributed by atoms with Gasteiger partial charge in [-0.15, -0.1) is 0 Å². The number of carbonyl (C=O) groups is 1. The van der Waals surface area contributed by atoms with E-state index >= 15 is 0 Å². The number of ether oxygens (including phenoxy) is 1. The SMILES string of the molecule is O=C(CCN1CCC(OCc2ccccc2)CC1)c1c[nH]c2ccccc12. The molecule has 1 saturated heterocycles. The highest BCUT2D eigenvalue weighted by atomic mass is 16.5. The van der Waals surface area contributed by atoms with Gasteiger partial charge in [-0.25, -0.2) is 0 Å². The summed E-state index contributed by atoms with van der Waals surface area (Å²) in [5.74, 6) is 0.218. The van der Waals surface area contributed by atoms with E-state index in [1.165, 1.54) is 5.56 Å². The minimum absolute atomic E-state index is 0.218. The van der Waals surface area contributed by atoms with Crippen LogP contribution in [0.1, 0.15) is 35.2 Å². The Balaban J connectivity index is 1.22. The van der Waals surface area contributed by atoms with E-state index in [1.54, 1.807) is 0 Å². The van der Waals surface area contributed by atoms with Crippen molar-refractivity contribution in [3.63, 3.8) is 0 Å². The fraction of sp³-hybridized carbons (Fsp3) is 0.348. The van der Waals surface area contributed by atoms with Gasteiger partial charge in [0.1, 0.15) is 0 Å². The largest absolute Gasteiger partial charge is 0.373 e. The monoisotopic (exact) mass is 362 g/mol. The zero-order chi connectivity index (χ0) is 18.5. The normalized spacial score (nSPS) is 16.0. The van der Waals surface area contributed by atoms with Gasteiger partial charge in [0, 0.05) is 48.7 Å². The molecule has 0 bridgehead atoms. The van der Waals surface area contributed by atoms with Gasteiger partial charge in [0.15, 0.2) is 5.78 Å². The van der Waals surface area contributed by atoms with Crippen molar-refractivity contribution in [2.75, 3.05) is 19.6 Å². The second-order valence-electron chi connectivity index (χ2n) is 7.26. The van der Waals surface area contributed by atoms with Crippen LogP contribution in [0.3, 0.4) is 0 Å². The second-order valence-corrected chi connectivity index (χ2v) is 7.26. The molecule has 1 aliphatic rings. The lowest BCUT2D eigenvalue weighted by atomic mass is 10.0. The number of ketones is 1. The van der Waals surface area contributed by atoms with E-state index in [4.69, 9.17) is 4.74 Å². The number of hydrogen-bond acceptors (Lipinski definition) is 3. The smallest absolute Gasteiger partial charge is 0.166 e. The van der Waals surface area contributed by atoms with Gasteiger partial charge in [0.2, 0.25) is 0 Å². The van der Waals surface area contributed by atoms with E-state index < -0.39 is 0 Å². The number of benzene rings is 2. The first kappa shape index (κ1) is 18.0. The van der Waals surface area contributed by atoms with Gasteiger partial charge in [-0.2, -0.15) is 0 Å². The number of aromatic amines is 1. The summed E-state index contributed by atoms with van der Waals surface area (Å²) in [5.41, 5.74) is 3.06. The van der Waals surface area contributed by atoms with Crippen LogP contribution in [0.2, 0.25) is 0 Å². The van der Waals surface area contributed by atoms with Crippen molar-refractivity contribution in [3.8, 4) is 0 Å². The van der Waals surface area contributed by atoms with Crippen LogP contribution in [0.15, 0.2) is 60.8 Å². The predicted octanol–water partition coefficient (Wildman–Crippen LogP) is 4.42. The molecule has 3 aromatic rings. The molecule has 1 aliphatic heterocycles. The molecule has 2 heterocycles. The Labute approximate surface area is 160 Å². The zero-order valence-corrected chi connectivity index (χ0v) is 15.6. The fourth-order valence-electron chi connectivity index (χ4n) is 3.78. The highest BCUT2D eigenvalue weighted by Crippen LogP contribution is 2.20. The maximum absolute atomic E-state index is 12.6. The maximum Gasteiger partial charge on any atom is 0.166 e. The molecular formula is C23H26N2O2. The number of H-pyrrole nitrogens is 1. The van der Waals surface area contributed by atoms with E-state index in [9.17, 15) is 4.79 Å². The van der Waals surface area contributed by atoms with Crippen LogP contribution in [0, 0.1) is 0 Å². The zero-order valence-electron chi connectivity index (χ0n) is 15.6. The first-order valence-corrected chi connectivity index (χ1v) is 9.77. The second kappa shape index (κ2) is 8.51. The summed E-state index contributed by atoms with van der Waals surface area (Å²) < 4.78 is 6.05. The van der Waals surface area contributed by atoms with E-state index in [0.29, 0.717) is 19.1 Å². The average Bonchev–Trinajstić information content (AvgIpc) is 3.16. The number of Topliss-reactive ketones (excluding diaryl/α,β-unsaturated/α-hetero) is 1. The number of hydrogen-bond donors (Lipinski definition) is 1. The van der Waals surface area contributed by atoms with Gasteiger partial charge >= 0.3 is 0 Å². The van der Waals surface area contributed by atoms with Crippen molar-refractivity contribution in [2.45, 2.75) is 32.0 Å². The Hall–Kier alpha value is -2.43. The number of carbonyl (C=O) groups excluding carboxylic acids is 1. The Morgan fingerprint density at radius 1 is 1.04 bits per heavy atom. The number of likely N-dealkylation sites (tertiary alicyclic amines) is 1. The highest BCUT2D eigenvalue weighted by molar-refractivity contribution is 6.07. The number of para-hydroxylation sites is 1. The Kier molecular flexibility index (Phi) is 5.66. The van der Waals surface area contributed by atoms with Crippen LogP contribution in [0.5, 0.6) is 0 Å². The molecule has 140 valence electrons. The predicted molar refractivity (Wildman–Crippen MR) is 108 cm³/mol. The van der Waals surface area contributed by atoms with Crippen LogP contribution in [0.4, 0.5) is 0 Å². The minimum Gasteiger partial charge on any atom is -0.373 e. The average molecular weight is 362 g/mol. The van der Waals surface area contributed by atoms with Gasteiger partial charge in [-0.05, 0) is 24.5 Å². The summed E-state index contributed by atoms with van der Waals surface area (Å²) in [6, 6.07) is 18.3. The summed E-state index contributed by atoms with van der Waals surface area (Å²) >= 11 is 0. The summed E-state index contributed by atoms with van der Waals surface area (Å²) in [5, 5.41) is 1.02. The topological polar surface area (TPSA) is 45.3 Å². The molecule has 0 unspecified atom stereocenters. The molecule has 4 rings (SSSR count). The molecule has 4 heteroatoms. The number of rotatable bonds is 7. The standard InChI is InChI=1S/C23H26N2O2/c26-23(21-16-24-22-9-5-4-8-20(21)22)12-15-25-13-10-19(11-14-25)27-17-18-6-2-1-3-7-18/h1-9,16,19,24H,10-15,17H2. The third-order valence-electron chi connectivity index (χ3n) is 5.41. The fourth-order valence-corrected chi connectivity index (χ4v) is 3.78. The lowest BCUT2D eigenvalue weighted by Gasteiger charge is -2.31. The molecule has 0 aliphatic carbocycles. The Bertz CT molecular complexity index is 880. The number of fused-ring (bicyclic) bond motifs is 1. The van der Waals surface area contributed by atoms with Crippen molar-refractivity contribution in [2.24, 2.45) is 0 Å². The molecule has 1 aromatic heterocycles. The third kappa shape index (κ3) is 4.46. The van der Waals surface area contributed by atoms with Gasteiger partial charge in [-0.3, -0.25) is 4.79 Å². The first-order valence-electron chi connectivity index (χ1n) is 9.77. The molecule has 1 N–H and O–H groups in total. The molecule has 0 radical (unpaired) electrons. The van der Waals surface area contributed by atoms with Crippen LogP contribution in [-0.2, 0) is 11.3 Å². The first-order chi connectivity index (χ1) is 13.3. The number of piperidine rings is 1. The molecule has 0 atom stereocenters. The van der Waals surface area contributed by atoms with Crippen molar-refractivity contribution in [1.82, 2.24) is 9.88 Å².